The van der Waals surface area contributed by atoms with Gasteiger partial charge in [0.2, 0.25) is 0 Å². The van der Waals surface area contributed by atoms with Gasteiger partial charge in [-0.25, -0.2) is 9.78 Å². The number of aryl methyl sites for hydroxylation is 1. The van der Waals surface area contributed by atoms with Crippen molar-refractivity contribution in [2.45, 2.75) is 32.2 Å². The molecular formula is C15H22N6O2. The number of aromatic nitrogens is 5. The summed E-state index contributed by atoms with van der Waals surface area (Å²) in [7, 11) is 3.40. The minimum atomic E-state index is -0.272. The van der Waals surface area contributed by atoms with Crippen LogP contribution in [0.15, 0.2) is 12.4 Å². The Bertz CT molecular complexity index is 692. The molecule has 8 nitrogen and oxygen atoms in total. The first-order valence-electron chi connectivity index (χ1n) is 7.79. The number of rotatable bonds is 3. The molecule has 1 fully saturated rings. The number of methoxy groups -OCH3 is 1. The molecule has 0 spiro atoms. The highest BCUT2D eigenvalue weighted by molar-refractivity contribution is 5.67. The topological polar surface area (TPSA) is 78.1 Å². The van der Waals surface area contributed by atoms with Crippen LogP contribution in [0.25, 0.3) is 0 Å². The van der Waals surface area contributed by atoms with Crippen molar-refractivity contribution in [1.82, 2.24) is 29.2 Å². The first kappa shape index (κ1) is 15.5. The van der Waals surface area contributed by atoms with Gasteiger partial charge < -0.3 is 18.8 Å². The number of piperidine rings is 1. The molecule has 0 bridgehead atoms. The Hall–Kier alpha value is -2.38. The average Bonchev–Trinajstić information content (AvgIpc) is 3.14. The van der Waals surface area contributed by atoms with E-state index in [1.54, 1.807) is 11.1 Å². The molecular weight excluding hydrogens is 296 g/mol. The molecule has 1 saturated heterocycles. The number of nitrogens with zero attached hydrogens (tertiary/aromatic N) is 6. The van der Waals surface area contributed by atoms with E-state index in [-0.39, 0.29) is 12.0 Å². The number of carbonyl (C=O) groups is 1. The van der Waals surface area contributed by atoms with Crippen LogP contribution in [0.2, 0.25) is 0 Å². The fourth-order valence-corrected chi connectivity index (χ4v) is 3.07. The van der Waals surface area contributed by atoms with Gasteiger partial charge in [-0.15, -0.1) is 10.2 Å². The van der Waals surface area contributed by atoms with E-state index in [1.807, 2.05) is 29.3 Å². The number of ether oxygens (including phenoxy) is 1. The van der Waals surface area contributed by atoms with Crippen molar-refractivity contribution in [2.75, 3.05) is 20.2 Å². The summed E-state index contributed by atoms with van der Waals surface area (Å²) >= 11 is 0. The molecule has 3 rings (SSSR count). The molecule has 1 atom stereocenters. The summed E-state index contributed by atoms with van der Waals surface area (Å²) in [6.07, 6.45) is 5.39. The maximum absolute atomic E-state index is 11.7. The summed E-state index contributed by atoms with van der Waals surface area (Å²) in [6, 6.07) is 0. The quantitative estimate of drug-likeness (QED) is 0.853. The Morgan fingerprint density at radius 2 is 2.26 bits per heavy atom. The first-order valence-corrected chi connectivity index (χ1v) is 7.79. The van der Waals surface area contributed by atoms with Crippen LogP contribution < -0.4 is 0 Å². The third kappa shape index (κ3) is 3.06. The largest absolute Gasteiger partial charge is 0.453 e. The van der Waals surface area contributed by atoms with E-state index in [0.717, 1.165) is 36.9 Å². The number of amides is 1. The van der Waals surface area contributed by atoms with Gasteiger partial charge in [0.05, 0.1) is 13.7 Å². The zero-order valence-corrected chi connectivity index (χ0v) is 13.8. The van der Waals surface area contributed by atoms with E-state index in [1.165, 1.54) is 7.11 Å². The molecule has 124 valence electrons. The van der Waals surface area contributed by atoms with Gasteiger partial charge in [0.25, 0.3) is 0 Å². The molecule has 23 heavy (non-hydrogen) atoms. The zero-order chi connectivity index (χ0) is 16.4. The van der Waals surface area contributed by atoms with Crippen LogP contribution in [-0.2, 0) is 18.3 Å². The zero-order valence-electron chi connectivity index (χ0n) is 13.8. The van der Waals surface area contributed by atoms with Crippen molar-refractivity contribution in [3.8, 4) is 0 Å². The summed E-state index contributed by atoms with van der Waals surface area (Å²) in [4.78, 5) is 17.7. The third-order valence-electron chi connectivity index (χ3n) is 4.45. The van der Waals surface area contributed by atoms with Crippen LogP contribution >= 0.6 is 0 Å². The SMILES string of the molecule is COC(=O)N1CCC[C@H](c2nnc(Cn3ccnc3C)n2C)C1. The van der Waals surface area contributed by atoms with Gasteiger partial charge >= 0.3 is 6.09 Å². The lowest BCUT2D eigenvalue weighted by Crippen LogP contribution is -2.39. The molecule has 0 saturated carbocycles. The number of likely N-dealkylation sites (tertiary alicyclic amines) is 1. The van der Waals surface area contributed by atoms with E-state index >= 15 is 0 Å². The smallest absolute Gasteiger partial charge is 0.409 e. The Morgan fingerprint density at radius 1 is 1.43 bits per heavy atom. The molecule has 2 aromatic heterocycles. The maximum atomic E-state index is 11.7. The van der Waals surface area contributed by atoms with Crippen molar-refractivity contribution >= 4 is 6.09 Å². The fourth-order valence-electron chi connectivity index (χ4n) is 3.07. The minimum Gasteiger partial charge on any atom is -0.453 e. The highest BCUT2D eigenvalue weighted by atomic mass is 16.5. The molecule has 0 radical (unpaired) electrons. The second-order valence-corrected chi connectivity index (χ2v) is 5.89. The molecule has 0 aliphatic carbocycles. The molecule has 8 heteroatoms. The van der Waals surface area contributed by atoms with E-state index in [9.17, 15) is 4.79 Å². The summed E-state index contributed by atoms with van der Waals surface area (Å²) < 4.78 is 8.90. The normalized spacial score (nSPS) is 18.2. The van der Waals surface area contributed by atoms with Gasteiger partial charge in [-0.1, -0.05) is 0 Å². The van der Waals surface area contributed by atoms with Gasteiger partial charge in [-0.05, 0) is 19.8 Å². The van der Waals surface area contributed by atoms with E-state index in [0.29, 0.717) is 13.1 Å². The summed E-state index contributed by atoms with van der Waals surface area (Å²) in [5.41, 5.74) is 0. The molecule has 0 unspecified atom stereocenters. The maximum Gasteiger partial charge on any atom is 0.409 e. The predicted octanol–water partition coefficient (Wildman–Crippen LogP) is 1.31. The lowest BCUT2D eigenvalue weighted by Gasteiger charge is -2.31. The number of carbonyl (C=O) groups excluding carboxylic acids is 1. The van der Waals surface area contributed by atoms with Crippen molar-refractivity contribution in [1.29, 1.82) is 0 Å². The first-order chi connectivity index (χ1) is 11.1. The molecule has 1 aliphatic heterocycles. The minimum absolute atomic E-state index is 0.193. The predicted molar refractivity (Wildman–Crippen MR) is 83.0 cm³/mol. The van der Waals surface area contributed by atoms with Crippen molar-refractivity contribution in [3.05, 3.63) is 29.9 Å². The van der Waals surface area contributed by atoms with Crippen molar-refractivity contribution < 1.29 is 9.53 Å². The summed E-state index contributed by atoms with van der Waals surface area (Å²) in [5, 5.41) is 8.70. The van der Waals surface area contributed by atoms with Crippen LogP contribution in [0.1, 0.15) is 36.2 Å². The highest BCUT2D eigenvalue weighted by Crippen LogP contribution is 2.26. The molecule has 0 N–H and O–H groups in total. The van der Waals surface area contributed by atoms with Crippen LogP contribution in [0.4, 0.5) is 4.79 Å². The Morgan fingerprint density at radius 3 is 2.96 bits per heavy atom. The third-order valence-corrected chi connectivity index (χ3v) is 4.45. The molecule has 1 amide bonds. The molecule has 0 aromatic carbocycles. The molecule has 2 aromatic rings. The van der Waals surface area contributed by atoms with Gasteiger partial charge in [0, 0.05) is 38.4 Å². The monoisotopic (exact) mass is 318 g/mol. The second-order valence-electron chi connectivity index (χ2n) is 5.89. The highest BCUT2D eigenvalue weighted by Gasteiger charge is 2.28. The van der Waals surface area contributed by atoms with Gasteiger partial charge in [0.1, 0.15) is 11.6 Å². The van der Waals surface area contributed by atoms with Crippen molar-refractivity contribution in [3.63, 3.8) is 0 Å². The van der Waals surface area contributed by atoms with Crippen LogP contribution in [0, 0.1) is 6.92 Å². The average molecular weight is 318 g/mol. The van der Waals surface area contributed by atoms with E-state index in [4.69, 9.17) is 4.74 Å². The van der Waals surface area contributed by atoms with Crippen molar-refractivity contribution in [2.24, 2.45) is 7.05 Å². The van der Waals surface area contributed by atoms with E-state index < -0.39 is 0 Å². The Balaban J connectivity index is 1.76. The lowest BCUT2D eigenvalue weighted by atomic mass is 9.97. The van der Waals surface area contributed by atoms with Gasteiger partial charge in [-0.3, -0.25) is 0 Å². The van der Waals surface area contributed by atoms with Crippen LogP contribution in [-0.4, -0.2) is 55.5 Å². The number of hydrogen-bond acceptors (Lipinski definition) is 5. The summed E-state index contributed by atoms with van der Waals surface area (Å²) in [5.74, 6) is 2.95. The second kappa shape index (κ2) is 6.39. The summed E-state index contributed by atoms with van der Waals surface area (Å²) in [6.45, 7) is 3.97. The standard InChI is InChI=1S/C15H22N6O2/c1-11-16-6-8-20(11)10-13-17-18-14(19(13)2)12-5-4-7-21(9-12)15(22)23-3/h6,8,12H,4-5,7,9-10H2,1-3H3/t12-/m0/s1. The molecule has 1 aliphatic rings. The number of hydrogen-bond donors (Lipinski definition) is 0. The lowest BCUT2D eigenvalue weighted by molar-refractivity contribution is 0.110. The van der Waals surface area contributed by atoms with E-state index in [2.05, 4.69) is 15.2 Å². The van der Waals surface area contributed by atoms with Crippen LogP contribution in [0.3, 0.4) is 0 Å². The van der Waals surface area contributed by atoms with Gasteiger partial charge in [0.15, 0.2) is 5.82 Å². The Kier molecular flexibility index (Phi) is 4.31. The fraction of sp³-hybridized carbons (Fsp3) is 0.600. The van der Waals surface area contributed by atoms with Crippen LogP contribution in [0.5, 0.6) is 0 Å². The number of imidazole rings is 1. The molecule has 3 heterocycles. The Labute approximate surface area is 135 Å². The van der Waals surface area contributed by atoms with Gasteiger partial charge in [-0.2, -0.15) is 0 Å².